The Balaban J connectivity index is 0.00000243. The van der Waals surface area contributed by atoms with E-state index in [4.69, 9.17) is 4.74 Å². The lowest BCUT2D eigenvalue weighted by molar-refractivity contribution is -0.122. The number of benzene rings is 2. The molecule has 0 aliphatic carbocycles. The van der Waals surface area contributed by atoms with E-state index in [2.05, 4.69) is 59.2 Å². The standard InChI is InChI=1S/C21H26N2O2.ClH/c24-21(15-19-16-25-14-13-22-19)23-12-11-20(17-7-3-1-4-8-17)18-9-5-2-6-10-18;/h1-10,19-20,22H,11-16H2,(H,23,24);1H. The summed E-state index contributed by atoms with van der Waals surface area (Å²) in [7, 11) is 0. The molecule has 140 valence electrons. The van der Waals surface area contributed by atoms with E-state index in [0.717, 1.165) is 19.6 Å². The van der Waals surface area contributed by atoms with Gasteiger partial charge in [0.25, 0.3) is 0 Å². The van der Waals surface area contributed by atoms with Gasteiger partial charge in [0.1, 0.15) is 0 Å². The highest BCUT2D eigenvalue weighted by atomic mass is 35.5. The maximum atomic E-state index is 12.2. The lowest BCUT2D eigenvalue weighted by Crippen LogP contribution is -2.44. The minimum atomic E-state index is 0. The highest BCUT2D eigenvalue weighted by molar-refractivity contribution is 5.85. The van der Waals surface area contributed by atoms with E-state index in [1.54, 1.807) is 0 Å². The van der Waals surface area contributed by atoms with E-state index >= 15 is 0 Å². The second-order valence-corrected chi connectivity index (χ2v) is 6.44. The molecule has 1 saturated heterocycles. The summed E-state index contributed by atoms with van der Waals surface area (Å²) in [5.41, 5.74) is 2.57. The van der Waals surface area contributed by atoms with E-state index in [9.17, 15) is 4.79 Å². The van der Waals surface area contributed by atoms with Crippen LogP contribution in [0.5, 0.6) is 0 Å². The van der Waals surface area contributed by atoms with Crippen molar-refractivity contribution in [2.45, 2.75) is 24.8 Å². The van der Waals surface area contributed by atoms with E-state index in [0.29, 0.717) is 25.5 Å². The summed E-state index contributed by atoms with van der Waals surface area (Å²) in [6.07, 6.45) is 1.36. The van der Waals surface area contributed by atoms with Crippen LogP contribution in [-0.2, 0) is 9.53 Å². The van der Waals surface area contributed by atoms with Gasteiger partial charge in [-0.15, -0.1) is 12.4 Å². The SMILES string of the molecule is Cl.O=C(CC1COCCN1)NCCC(c1ccccc1)c1ccccc1. The Kier molecular flexibility index (Phi) is 8.62. The zero-order valence-corrected chi connectivity index (χ0v) is 15.7. The van der Waals surface area contributed by atoms with Crippen LogP contribution >= 0.6 is 12.4 Å². The van der Waals surface area contributed by atoms with Gasteiger partial charge in [0, 0.05) is 31.5 Å². The molecular formula is C21H27ClN2O2. The molecule has 4 nitrogen and oxygen atoms in total. The smallest absolute Gasteiger partial charge is 0.221 e. The molecular weight excluding hydrogens is 348 g/mol. The van der Waals surface area contributed by atoms with Crippen LogP contribution in [0.1, 0.15) is 29.9 Å². The zero-order chi connectivity index (χ0) is 17.3. The molecule has 1 unspecified atom stereocenters. The van der Waals surface area contributed by atoms with Crippen molar-refractivity contribution in [2.75, 3.05) is 26.3 Å². The first kappa shape index (κ1) is 20.4. The summed E-state index contributed by atoms with van der Waals surface area (Å²) in [6, 6.07) is 21.1. The van der Waals surface area contributed by atoms with Crippen molar-refractivity contribution in [2.24, 2.45) is 0 Å². The average molecular weight is 375 g/mol. The van der Waals surface area contributed by atoms with E-state index < -0.39 is 0 Å². The van der Waals surface area contributed by atoms with Crippen molar-refractivity contribution in [1.29, 1.82) is 0 Å². The van der Waals surface area contributed by atoms with Gasteiger partial charge in [0.05, 0.1) is 13.2 Å². The lowest BCUT2D eigenvalue weighted by atomic mass is 9.88. The minimum Gasteiger partial charge on any atom is -0.378 e. The molecule has 2 aromatic rings. The van der Waals surface area contributed by atoms with Crippen LogP contribution in [-0.4, -0.2) is 38.3 Å². The van der Waals surface area contributed by atoms with Crippen LogP contribution in [0.2, 0.25) is 0 Å². The number of rotatable bonds is 7. The van der Waals surface area contributed by atoms with Gasteiger partial charge < -0.3 is 15.4 Å². The molecule has 1 aliphatic heterocycles. The third kappa shape index (κ3) is 6.13. The van der Waals surface area contributed by atoms with Crippen LogP contribution in [0.3, 0.4) is 0 Å². The normalized spacial score (nSPS) is 16.7. The number of amides is 1. The number of hydrogen-bond donors (Lipinski definition) is 2. The van der Waals surface area contributed by atoms with Gasteiger partial charge in [-0.3, -0.25) is 4.79 Å². The highest BCUT2D eigenvalue weighted by Gasteiger charge is 2.18. The van der Waals surface area contributed by atoms with Gasteiger partial charge in [0.2, 0.25) is 5.91 Å². The maximum Gasteiger partial charge on any atom is 0.221 e. The quantitative estimate of drug-likeness (QED) is 0.782. The summed E-state index contributed by atoms with van der Waals surface area (Å²) in [5.74, 6) is 0.377. The average Bonchev–Trinajstić information content (AvgIpc) is 2.67. The monoisotopic (exact) mass is 374 g/mol. The molecule has 0 bridgehead atoms. The summed E-state index contributed by atoms with van der Waals surface area (Å²) in [5, 5.41) is 6.38. The van der Waals surface area contributed by atoms with Gasteiger partial charge in [-0.1, -0.05) is 60.7 Å². The minimum absolute atomic E-state index is 0. The highest BCUT2D eigenvalue weighted by Crippen LogP contribution is 2.27. The number of halogens is 1. The van der Waals surface area contributed by atoms with E-state index in [-0.39, 0.29) is 24.4 Å². The first-order valence-electron chi connectivity index (χ1n) is 9.00. The molecule has 1 fully saturated rings. The van der Waals surface area contributed by atoms with Crippen molar-refractivity contribution >= 4 is 18.3 Å². The number of carbonyl (C=O) groups excluding carboxylic acids is 1. The molecule has 5 heteroatoms. The van der Waals surface area contributed by atoms with Crippen LogP contribution in [0.4, 0.5) is 0 Å². The Morgan fingerprint density at radius 1 is 1.08 bits per heavy atom. The molecule has 2 aromatic carbocycles. The molecule has 0 spiro atoms. The van der Waals surface area contributed by atoms with Crippen LogP contribution in [0, 0.1) is 0 Å². The van der Waals surface area contributed by atoms with Gasteiger partial charge in [0.15, 0.2) is 0 Å². The third-order valence-corrected chi connectivity index (χ3v) is 4.59. The lowest BCUT2D eigenvalue weighted by Gasteiger charge is -2.23. The van der Waals surface area contributed by atoms with Gasteiger partial charge >= 0.3 is 0 Å². The third-order valence-electron chi connectivity index (χ3n) is 4.59. The van der Waals surface area contributed by atoms with Crippen molar-refractivity contribution in [3.05, 3.63) is 71.8 Å². The largest absolute Gasteiger partial charge is 0.378 e. The molecule has 0 radical (unpaired) electrons. The molecule has 1 aliphatic rings. The molecule has 0 aromatic heterocycles. The Labute approximate surface area is 161 Å². The number of hydrogen-bond acceptors (Lipinski definition) is 3. The molecule has 3 rings (SSSR count). The van der Waals surface area contributed by atoms with Crippen molar-refractivity contribution in [3.8, 4) is 0 Å². The predicted molar refractivity (Wildman–Crippen MR) is 107 cm³/mol. The first-order chi connectivity index (χ1) is 12.3. The van der Waals surface area contributed by atoms with Gasteiger partial charge in [-0.2, -0.15) is 0 Å². The number of carbonyl (C=O) groups is 1. The fraction of sp³-hybridized carbons (Fsp3) is 0.381. The summed E-state index contributed by atoms with van der Waals surface area (Å²) in [6.45, 7) is 2.83. The Morgan fingerprint density at radius 3 is 2.23 bits per heavy atom. The Hall–Kier alpha value is -1.88. The molecule has 26 heavy (non-hydrogen) atoms. The topological polar surface area (TPSA) is 50.4 Å². The fourth-order valence-corrected chi connectivity index (χ4v) is 3.30. The zero-order valence-electron chi connectivity index (χ0n) is 14.9. The first-order valence-corrected chi connectivity index (χ1v) is 9.00. The van der Waals surface area contributed by atoms with Crippen molar-refractivity contribution < 1.29 is 9.53 Å². The fourth-order valence-electron chi connectivity index (χ4n) is 3.30. The maximum absolute atomic E-state index is 12.2. The number of ether oxygens (including phenoxy) is 1. The number of nitrogens with one attached hydrogen (secondary N) is 2. The molecule has 1 amide bonds. The van der Waals surface area contributed by atoms with E-state index in [1.807, 2.05) is 12.1 Å². The van der Waals surface area contributed by atoms with Crippen molar-refractivity contribution in [3.63, 3.8) is 0 Å². The van der Waals surface area contributed by atoms with Crippen LogP contribution < -0.4 is 10.6 Å². The van der Waals surface area contributed by atoms with Gasteiger partial charge in [-0.05, 0) is 17.5 Å². The van der Waals surface area contributed by atoms with Gasteiger partial charge in [-0.25, -0.2) is 0 Å². The van der Waals surface area contributed by atoms with Crippen molar-refractivity contribution in [1.82, 2.24) is 10.6 Å². The van der Waals surface area contributed by atoms with E-state index in [1.165, 1.54) is 11.1 Å². The summed E-state index contributed by atoms with van der Waals surface area (Å²) >= 11 is 0. The predicted octanol–water partition coefficient (Wildman–Crippen LogP) is 3.13. The Morgan fingerprint density at radius 2 is 1.69 bits per heavy atom. The molecule has 1 heterocycles. The summed E-state index contributed by atoms with van der Waals surface area (Å²) in [4.78, 5) is 12.2. The molecule has 2 N–H and O–H groups in total. The molecule has 0 saturated carbocycles. The second-order valence-electron chi connectivity index (χ2n) is 6.44. The van der Waals surface area contributed by atoms with Crippen LogP contribution in [0.15, 0.2) is 60.7 Å². The summed E-state index contributed by atoms with van der Waals surface area (Å²) < 4.78 is 5.40. The van der Waals surface area contributed by atoms with Crippen LogP contribution in [0.25, 0.3) is 0 Å². The number of morpholine rings is 1. The second kappa shape index (κ2) is 11.0. The Bertz CT molecular complexity index is 606. The molecule has 1 atom stereocenters.